The molecular formula is C14H24N2OS. The number of hydrogen-bond donors (Lipinski definition) is 1. The van der Waals surface area contributed by atoms with Gasteiger partial charge in [0, 0.05) is 24.1 Å². The van der Waals surface area contributed by atoms with Crippen LogP contribution in [0.2, 0.25) is 0 Å². The lowest BCUT2D eigenvalue weighted by atomic mass is 10.1. The molecule has 0 spiro atoms. The predicted octanol–water partition coefficient (Wildman–Crippen LogP) is 3.35. The summed E-state index contributed by atoms with van der Waals surface area (Å²) in [5.74, 6) is 0.951. The summed E-state index contributed by atoms with van der Waals surface area (Å²) < 4.78 is 5.65. The van der Waals surface area contributed by atoms with Crippen LogP contribution in [0.1, 0.15) is 50.7 Å². The Kier molecular flexibility index (Phi) is 4.76. The van der Waals surface area contributed by atoms with Crippen molar-refractivity contribution < 1.29 is 4.74 Å². The van der Waals surface area contributed by atoms with Crippen molar-refractivity contribution in [1.29, 1.82) is 0 Å². The highest BCUT2D eigenvalue weighted by Crippen LogP contribution is 2.32. The van der Waals surface area contributed by atoms with E-state index in [1.54, 1.807) is 11.3 Å². The molecule has 0 bridgehead atoms. The molecule has 0 atom stereocenters. The van der Waals surface area contributed by atoms with E-state index in [4.69, 9.17) is 4.74 Å². The zero-order chi connectivity index (χ0) is 13.0. The van der Waals surface area contributed by atoms with Gasteiger partial charge in [-0.3, -0.25) is 0 Å². The number of ether oxygens (including phenoxy) is 1. The molecule has 1 aliphatic rings. The molecule has 2 rings (SSSR count). The van der Waals surface area contributed by atoms with Gasteiger partial charge in [-0.05, 0) is 33.1 Å². The van der Waals surface area contributed by atoms with Crippen LogP contribution in [0.15, 0.2) is 5.38 Å². The number of rotatable bonds is 7. The van der Waals surface area contributed by atoms with E-state index >= 15 is 0 Å². The lowest BCUT2D eigenvalue weighted by molar-refractivity contribution is 0.113. The average Bonchev–Trinajstić information content (AvgIpc) is 3.00. The van der Waals surface area contributed by atoms with Gasteiger partial charge in [-0.25, -0.2) is 4.98 Å². The van der Waals surface area contributed by atoms with E-state index in [-0.39, 0.29) is 5.54 Å². The summed E-state index contributed by atoms with van der Waals surface area (Å²) in [5, 5.41) is 6.70. The fourth-order valence-electron chi connectivity index (χ4n) is 1.67. The standard InChI is InChI=1S/C14H24N2OS/c1-14(2,3)15-8-13-16-12(10-18-13)9-17-7-6-11-4-5-11/h10-11,15H,4-9H2,1-3H3. The van der Waals surface area contributed by atoms with Crippen LogP contribution in [0.3, 0.4) is 0 Å². The van der Waals surface area contributed by atoms with Crippen LogP contribution in [0.25, 0.3) is 0 Å². The van der Waals surface area contributed by atoms with Crippen LogP contribution in [0.4, 0.5) is 0 Å². The van der Waals surface area contributed by atoms with Gasteiger partial charge in [0.25, 0.3) is 0 Å². The molecule has 1 heterocycles. The van der Waals surface area contributed by atoms with Gasteiger partial charge in [0.2, 0.25) is 0 Å². The summed E-state index contributed by atoms with van der Waals surface area (Å²) in [4.78, 5) is 4.58. The van der Waals surface area contributed by atoms with E-state index in [0.717, 1.165) is 29.8 Å². The maximum atomic E-state index is 5.65. The summed E-state index contributed by atoms with van der Waals surface area (Å²) in [6.45, 7) is 8.90. The minimum absolute atomic E-state index is 0.145. The highest BCUT2D eigenvalue weighted by atomic mass is 32.1. The third-order valence-electron chi connectivity index (χ3n) is 2.99. The Morgan fingerprint density at radius 3 is 2.89 bits per heavy atom. The normalized spacial score (nSPS) is 16.2. The van der Waals surface area contributed by atoms with E-state index in [1.807, 2.05) is 0 Å². The molecule has 4 heteroatoms. The van der Waals surface area contributed by atoms with Crippen LogP contribution >= 0.6 is 11.3 Å². The Hall–Kier alpha value is -0.450. The fourth-order valence-corrected chi connectivity index (χ4v) is 2.39. The Labute approximate surface area is 114 Å². The van der Waals surface area contributed by atoms with Gasteiger partial charge < -0.3 is 10.1 Å². The molecule has 1 fully saturated rings. The van der Waals surface area contributed by atoms with Crippen molar-refractivity contribution in [2.75, 3.05) is 6.61 Å². The molecule has 0 unspecified atom stereocenters. The van der Waals surface area contributed by atoms with E-state index in [9.17, 15) is 0 Å². The van der Waals surface area contributed by atoms with Gasteiger partial charge >= 0.3 is 0 Å². The predicted molar refractivity (Wildman–Crippen MR) is 75.7 cm³/mol. The third-order valence-corrected chi connectivity index (χ3v) is 3.88. The molecule has 0 aliphatic heterocycles. The van der Waals surface area contributed by atoms with Crippen LogP contribution in [0, 0.1) is 5.92 Å². The minimum Gasteiger partial charge on any atom is -0.375 e. The maximum Gasteiger partial charge on any atom is 0.107 e. The first-order chi connectivity index (χ1) is 8.53. The van der Waals surface area contributed by atoms with Crippen LogP contribution in [-0.4, -0.2) is 17.1 Å². The second-order valence-corrected chi connectivity index (χ2v) is 7.06. The molecule has 0 amide bonds. The van der Waals surface area contributed by atoms with Crippen molar-refractivity contribution in [2.24, 2.45) is 5.92 Å². The molecule has 0 aromatic carbocycles. The first-order valence-corrected chi connectivity index (χ1v) is 7.67. The molecule has 1 aromatic heterocycles. The molecule has 3 nitrogen and oxygen atoms in total. The van der Waals surface area contributed by atoms with Gasteiger partial charge in [0.15, 0.2) is 0 Å². The van der Waals surface area contributed by atoms with Crippen molar-refractivity contribution in [1.82, 2.24) is 10.3 Å². The number of nitrogens with zero attached hydrogens (tertiary/aromatic N) is 1. The van der Waals surface area contributed by atoms with Gasteiger partial charge in [-0.1, -0.05) is 12.8 Å². The molecule has 18 heavy (non-hydrogen) atoms. The van der Waals surface area contributed by atoms with Crippen LogP contribution in [-0.2, 0) is 17.9 Å². The Morgan fingerprint density at radius 1 is 1.44 bits per heavy atom. The zero-order valence-electron chi connectivity index (χ0n) is 11.7. The van der Waals surface area contributed by atoms with E-state index < -0.39 is 0 Å². The second kappa shape index (κ2) is 6.13. The molecule has 1 saturated carbocycles. The number of nitrogens with one attached hydrogen (secondary N) is 1. The van der Waals surface area contributed by atoms with Gasteiger partial charge in [-0.2, -0.15) is 0 Å². The molecule has 1 N–H and O–H groups in total. The van der Waals surface area contributed by atoms with Crippen molar-refractivity contribution in [2.45, 2.75) is 58.7 Å². The molecule has 1 aliphatic carbocycles. The quantitative estimate of drug-likeness (QED) is 0.770. The SMILES string of the molecule is CC(C)(C)NCc1nc(COCCC2CC2)cs1. The average molecular weight is 268 g/mol. The zero-order valence-corrected chi connectivity index (χ0v) is 12.5. The van der Waals surface area contributed by atoms with E-state index in [2.05, 4.69) is 36.5 Å². The Bertz CT molecular complexity index is 366. The summed E-state index contributed by atoms with van der Waals surface area (Å²) in [6.07, 6.45) is 4.04. The van der Waals surface area contributed by atoms with Gasteiger partial charge in [0.1, 0.15) is 5.01 Å². The maximum absolute atomic E-state index is 5.65. The van der Waals surface area contributed by atoms with Crippen molar-refractivity contribution in [3.63, 3.8) is 0 Å². The Morgan fingerprint density at radius 2 is 2.22 bits per heavy atom. The highest BCUT2D eigenvalue weighted by Gasteiger charge is 2.20. The molecule has 102 valence electrons. The topological polar surface area (TPSA) is 34.2 Å². The minimum atomic E-state index is 0.145. The number of thiazole rings is 1. The highest BCUT2D eigenvalue weighted by molar-refractivity contribution is 7.09. The fraction of sp³-hybridized carbons (Fsp3) is 0.786. The molecule has 1 aromatic rings. The van der Waals surface area contributed by atoms with Gasteiger partial charge in [-0.15, -0.1) is 11.3 Å². The summed E-state index contributed by atoms with van der Waals surface area (Å²) in [5.41, 5.74) is 1.22. The molecule has 0 radical (unpaired) electrons. The van der Waals surface area contributed by atoms with Crippen molar-refractivity contribution >= 4 is 11.3 Å². The lowest BCUT2D eigenvalue weighted by Crippen LogP contribution is -2.35. The third kappa shape index (κ3) is 5.46. The van der Waals surface area contributed by atoms with Crippen LogP contribution < -0.4 is 5.32 Å². The number of aromatic nitrogens is 1. The monoisotopic (exact) mass is 268 g/mol. The van der Waals surface area contributed by atoms with Crippen molar-refractivity contribution in [3.05, 3.63) is 16.1 Å². The van der Waals surface area contributed by atoms with Crippen molar-refractivity contribution in [3.8, 4) is 0 Å². The number of hydrogen-bond acceptors (Lipinski definition) is 4. The lowest BCUT2D eigenvalue weighted by Gasteiger charge is -2.19. The molecular weight excluding hydrogens is 244 g/mol. The molecule has 0 saturated heterocycles. The summed E-state index contributed by atoms with van der Waals surface area (Å²) in [7, 11) is 0. The largest absolute Gasteiger partial charge is 0.375 e. The van der Waals surface area contributed by atoms with Gasteiger partial charge in [0.05, 0.1) is 12.3 Å². The summed E-state index contributed by atoms with van der Waals surface area (Å²) in [6, 6.07) is 0. The van der Waals surface area contributed by atoms with E-state index in [1.165, 1.54) is 19.3 Å². The Balaban J connectivity index is 1.65. The second-order valence-electron chi connectivity index (χ2n) is 6.12. The first kappa shape index (κ1) is 14.0. The smallest absolute Gasteiger partial charge is 0.107 e. The first-order valence-electron chi connectivity index (χ1n) is 6.79. The summed E-state index contributed by atoms with van der Waals surface area (Å²) >= 11 is 1.71. The van der Waals surface area contributed by atoms with E-state index in [0.29, 0.717) is 6.61 Å². The van der Waals surface area contributed by atoms with Crippen LogP contribution in [0.5, 0.6) is 0 Å².